The number of halogens is 1. The molecule has 0 spiro atoms. The number of hydrogen-bond donors (Lipinski definition) is 1. The van der Waals surface area contributed by atoms with Gasteiger partial charge < -0.3 is 10.1 Å². The van der Waals surface area contributed by atoms with E-state index >= 15 is 0 Å². The highest BCUT2D eigenvalue weighted by molar-refractivity contribution is 9.10. The molecule has 118 valence electrons. The van der Waals surface area contributed by atoms with Crippen molar-refractivity contribution in [3.05, 3.63) is 58.3 Å². The Kier molecular flexibility index (Phi) is 4.54. The van der Waals surface area contributed by atoms with Crippen LogP contribution in [-0.2, 0) is 10.3 Å². The lowest BCUT2D eigenvalue weighted by atomic mass is 9.92. The molecule has 1 N–H and O–H groups in total. The topological polar surface area (TPSA) is 63.6 Å². The van der Waals surface area contributed by atoms with Crippen LogP contribution in [0.25, 0.3) is 0 Å². The summed E-state index contributed by atoms with van der Waals surface area (Å²) in [5, 5.41) is 2.86. The van der Waals surface area contributed by atoms with E-state index in [0.717, 1.165) is 10.0 Å². The van der Waals surface area contributed by atoms with Crippen LogP contribution in [0.5, 0.6) is 0 Å². The Bertz CT molecular complexity index is 746. The molecule has 23 heavy (non-hydrogen) atoms. The normalized spacial score (nSPS) is 20.3. The highest BCUT2D eigenvalue weighted by Crippen LogP contribution is 2.29. The monoisotopic (exact) mass is 373 g/mol. The van der Waals surface area contributed by atoms with Gasteiger partial charge in [0.05, 0.1) is 13.2 Å². The molecule has 1 atom stereocenters. The number of benzene rings is 1. The Balaban J connectivity index is 1.80. The molecule has 1 aliphatic heterocycles. The maximum Gasteiger partial charge on any atom is 0.274 e. The van der Waals surface area contributed by atoms with Crippen LogP contribution in [0.15, 0.2) is 52.1 Å². The largest absolute Gasteiger partial charge is 0.373 e. The van der Waals surface area contributed by atoms with Gasteiger partial charge in [-0.15, -0.1) is 0 Å². The number of carbonyl (C=O) groups excluding carboxylic acids is 1. The second kappa shape index (κ2) is 6.60. The number of nitrogens with one attached hydrogen (secondary N) is 1. The third-order valence-electron chi connectivity index (χ3n) is 3.65. The number of anilines is 1. The van der Waals surface area contributed by atoms with Crippen molar-refractivity contribution < 1.29 is 9.53 Å². The van der Waals surface area contributed by atoms with Crippen molar-refractivity contribution in [3.8, 4) is 0 Å². The minimum absolute atomic E-state index is 0.247. The van der Waals surface area contributed by atoms with E-state index in [-0.39, 0.29) is 5.91 Å². The second-order valence-electron chi connectivity index (χ2n) is 5.50. The molecule has 0 fully saturated rings. The van der Waals surface area contributed by atoms with E-state index in [9.17, 15) is 4.79 Å². The molecule has 3 rings (SSSR count). The van der Waals surface area contributed by atoms with Crippen molar-refractivity contribution >= 4 is 33.7 Å². The molecule has 6 heteroatoms. The van der Waals surface area contributed by atoms with E-state index in [1.54, 1.807) is 24.5 Å². The Labute approximate surface area is 142 Å². The van der Waals surface area contributed by atoms with E-state index in [0.29, 0.717) is 24.6 Å². The van der Waals surface area contributed by atoms with Crippen molar-refractivity contribution in [3.63, 3.8) is 0 Å². The number of rotatable bonds is 3. The highest BCUT2D eigenvalue weighted by Gasteiger charge is 2.27. The van der Waals surface area contributed by atoms with Crippen molar-refractivity contribution in [1.82, 2.24) is 4.98 Å². The summed E-state index contributed by atoms with van der Waals surface area (Å²) in [4.78, 5) is 20.9. The number of amides is 1. The van der Waals surface area contributed by atoms with Gasteiger partial charge in [-0.3, -0.25) is 9.79 Å². The molecule has 0 saturated heterocycles. The zero-order chi connectivity index (χ0) is 16.3. The van der Waals surface area contributed by atoms with Gasteiger partial charge in [0.15, 0.2) is 0 Å². The van der Waals surface area contributed by atoms with Gasteiger partial charge in [0.25, 0.3) is 5.91 Å². The van der Waals surface area contributed by atoms with Crippen LogP contribution in [0.4, 0.5) is 5.69 Å². The number of aromatic nitrogens is 1. The minimum Gasteiger partial charge on any atom is -0.373 e. The third-order valence-corrected chi connectivity index (χ3v) is 4.12. The first-order chi connectivity index (χ1) is 11.1. The van der Waals surface area contributed by atoms with Crippen molar-refractivity contribution in [1.29, 1.82) is 0 Å². The molecule has 0 saturated carbocycles. The summed E-state index contributed by atoms with van der Waals surface area (Å²) in [5.74, 6) is -0.247. The molecule has 1 amide bonds. The quantitative estimate of drug-likeness (QED) is 0.896. The number of carbonyl (C=O) groups is 1. The standard InChI is InChI=1S/C17H16BrN3O2/c1-17(11-23-8-7-20-17)12-3-2-4-14(9-12)21-16(22)15-6-5-13(18)10-19-15/h2-7,9-10H,8,11H2,1H3,(H,21,22). The third kappa shape index (κ3) is 3.65. The van der Waals surface area contributed by atoms with Crippen LogP contribution in [0.3, 0.4) is 0 Å². The summed E-state index contributed by atoms with van der Waals surface area (Å²) in [6.07, 6.45) is 3.38. The molecule has 0 bridgehead atoms. The average Bonchev–Trinajstić information content (AvgIpc) is 2.56. The molecular formula is C17H16BrN3O2. The average molecular weight is 374 g/mol. The van der Waals surface area contributed by atoms with Crippen molar-refractivity contribution in [2.24, 2.45) is 4.99 Å². The SMILES string of the molecule is CC1(c2cccc(NC(=O)c3ccc(Br)cn3)c2)COCC=N1. The first-order valence-electron chi connectivity index (χ1n) is 7.22. The molecular weight excluding hydrogens is 358 g/mol. The fourth-order valence-electron chi connectivity index (χ4n) is 2.38. The Morgan fingerprint density at radius 1 is 1.35 bits per heavy atom. The molecule has 1 unspecified atom stereocenters. The summed E-state index contributed by atoms with van der Waals surface area (Å²) in [6.45, 7) is 3.08. The summed E-state index contributed by atoms with van der Waals surface area (Å²) in [5.41, 5.74) is 1.65. The summed E-state index contributed by atoms with van der Waals surface area (Å²) in [6, 6.07) is 11.1. The first kappa shape index (κ1) is 15.8. The van der Waals surface area contributed by atoms with E-state index in [1.165, 1.54) is 0 Å². The van der Waals surface area contributed by atoms with Gasteiger partial charge >= 0.3 is 0 Å². The van der Waals surface area contributed by atoms with Gasteiger partial charge in [-0.05, 0) is 52.7 Å². The second-order valence-corrected chi connectivity index (χ2v) is 6.41. The fourth-order valence-corrected chi connectivity index (χ4v) is 2.62. The zero-order valence-corrected chi connectivity index (χ0v) is 14.2. The summed E-state index contributed by atoms with van der Waals surface area (Å²) in [7, 11) is 0. The Morgan fingerprint density at radius 3 is 2.91 bits per heavy atom. The Morgan fingerprint density at radius 2 is 2.22 bits per heavy atom. The number of ether oxygens (including phenoxy) is 1. The van der Waals surface area contributed by atoms with Crippen LogP contribution in [-0.4, -0.2) is 30.3 Å². The number of hydrogen-bond acceptors (Lipinski definition) is 4. The number of pyridine rings is 1. The number of nitrogens with zero attached hydrogens (tertiary/aromatic N) is 2. The molecule has 1 aromatic heterocycles. The van der Waals surface area contributed by atoms with Crippen molar-refractivity contribution in [2.45, 2.75) is 12.5 Å². The van der Waals surface area contributed by atoms with Gasteiger partial charge in [-0.2, -0.15) is 0 Å². The van der Waals surface area contributed by atoms with Crippen LogP contribution < -0.4 is 5.32 Å². The smallest absolute Gasteiger partial charge is 0.274 e. The summed E-state index contributed by atoms with van der Waals surface area (Å²) < 4.78 is 6.32. The zero-order valence-electron chi connectivity index (χ0n) is 12.6. The minimum atomic E-state index is -0.422. The highest BCUT2D eigenvalue weighted by atomic mass is 79.9. The van der Waals surface area contributed by atoms with Crippen LogP contribution in [0, 0.1) is 0 Å². The predicted molar refractivity (Wildman–Crippen MR) is 93.0 cm³/mol. The van der Waals surface area contributed by atoms with E-state index < -0.39 is 5.54 Å². The number of aliphatic imine (C=N–C) groups is 1. The first-order valence-corrected chi connectivity index (χ1v) is 8.01. The van der Waals surface area contributed by atoms with E-state index in [4.69, 9.17) is 4.74 Å². The lowest BCUT2D eigenvalue weighted by Crippen LogP contribution is -2.30. The molecule has 0 aliphatic carbocycles. The summed E-state index contributed by atoms with van der Waals surface area (Å²) >= 11 is 3.30. The Hall–Kier alpha value is -2.05. The maximum absolute atomic E-state index is 12.2. The lowest BCUT2D eigenvalue weighted by molar-refractivity contribution is 0.102. The van der Waals surface area contributed by atoms with Gasteiger partial charge in [0, 0.05) is 22.6 Å². The molecule has 1 aromatic carbocycles. The molecule has 5 nitrogen and oxygen atoms in total. The van der Waals surface area contributed by atoms with Crippen LogP contribution in [0.2, 0.25) is 0 Å². The van der Waals surface area contributed by atoms with Gasteiger partial charge in [-0.25, -0.2) is 4.98 Å². The van der Waals surface area contributed by atoms with Crippen LogP contribution >= 0.6 is 15.9 Å². The van der Waals surface area contributed by atoms with E-state index in [2.05, 4.69) is 31.2 Å². The van der Waals surface area contributed by atoms with Gasteiger partial charge in [0.1, 0.15) is 11.2 Å². The van der Waals surface area contributed by atoms with Gasteiger partial charge in [-0.1, -0.05) is 12.1 Å². The van der Waals surface area contributed by atoms with Crippen LogP contribution in [0.1, 0.15) is 23.0 Å². The lowest BCUT2D eigenvalue weighted by Gasteiger charge is -2.28. The molecule has 2 heterocycles. The fraction of sp³-hybridized carbons (Fsp3) is 0.235. The molecule has 2 aromatic rings. The molecule has 1 aliphatic rings. The van der Waals surface area contributed by atoms with E-state index in [1.807, 2.05) is 31.2 Å². The van der Waals surface area contributed by atoms with Gasteiger partial charge in [0.2, 0.25) is 0 Å². The molecule has 0 radical (unpaired) electrons. The maximum atomic E-state index is 12.2. The van der Waals surface area contributed by atoms with Crippen molar-refractivity contribution in [2.75, 3.05) is 18.5 Å². The predicted octanol–water partition coefficient (Wildman–Crippen LogP) is 3.41.